The van der Waals surface area contributed by atoms with Crippen LogP contribution in [0.25, 0.3) is 0 Å². The molecule has 2 N–H and O–H groups in total. The molecule has 0 aromatic rings. The molecular formula is C11H22N2O4. The Labute approximate surface area is 102 Å². The highest BCUT2D eigenvalue weighted by molar-refractivity contribution is 5.82. The number of amides is 2. The molecule has 0 aliphatic heterocycles. The maximum Gasteiger partial charge on any atom is 0.326 e. The Morgan fingerprint density at radius 2 is 2.06 bits per heavy atom. The van der Waals surface area contributed by atoms with Gasteiger partial charge in [0.25, 0.3) is 0 Å². The van der Waals surface area contributed by atoms with Crippen molar-refractivity contribution in [3.8, 4) is 0 Å². The van der Waals surface area contributed by atoms with Crippen molar-refractivity contribution in [2.75, 3.05) is 26.8 Å². The molecule has 2 amide bonds. The number of rotatable bonds is 8. The van der Waals surface area contributed by atoms with E-state index in [0.29, 0.717) is 32.5 Å². The molecule has 17 heavy (non-hydrogen) atoms. The number of hydrogen-bond donors (Lipinski definition) is 2. The first-order valence-electron chi connectivity index (χ1n) is 5.83. The van der Waals surface area contributed by atoms with Gasteiger partial charge in [0.2, 0.25) is 0 Å². The minimum atomic E-state index is -0.997. The summed E-state index contributed by atoms with van der Waals surface area (Å²) in [7, 11) is 1.56. The standard InChI is InChI=1S/C11H22N2O4/c1-4-6-9(10(14)15)12-11(16)13(5-2)7-8-17-3/h9H,4-8H2,1-3H3,(H,12,16)(H,14,15)/t9-/m0/s1. The van der Waals surface area contributed by atoms with Crippen LogP contribution in [0.5, 0.6) is 0 Å². The third kappa shape index (κ3) is 6.11. The second-order valence-electron chi connectivity index (χ2n) is 3.70. The second-order valence-corrected chi connectivity index (χ2v) is 3.70. The number of nitrogens with zero attached hydrogens (tertiary/aromatic N) is 1. The summed E-state index contributed by atoms with van der Waals surface area (Å²) >= 11 is 0. The number of ether oxygens (including phenoxy) is 1. The number of likely N-dealkylation sites (N-methyl/N-ethyl adjacent to an activating group) is 1. The van der Waals surface area contributed by atoms with Crippen molar-refractivity contribution in [2.24, 2.45) is 0 Å². The minimum Gasteiger partial charge on any atom is -0.480 e. The fourth-order valence-electron chi connectivity index (χ4n) is 1.39. The van der Waals surface area contributed by atoms with Gasteiger partial charge in [-0.3, -0.25) is 0 Å². The average Bonchev–Trinajstić information content (AvgIpc) is 2.29. The molecule has 0 aromatic carbocycles. The summed E-state index contributed by atoms with van der Waals surface area (Å²) < 4.78 is 4.89. The summed E-state index contributed by atoms with van der Waals surface area (Å²) in [5, 5.41) is 11.4. The van der Waals surface area contributed by atoms with E-state index in [9.17, 15) is 9.59 Å². The number of aliphatic carboxylic acids is 1. The number of nitrogens with one attached hydrogen (secondary N) is 1. The molecule has 100 valence electrons. The largest absolute Gasteiger partial charge is 0.480 e. The van der Waals surface area contributed by atoms with Gasteiger partial charge in [-0.1, -0.05) is 13.3 Å². The lowest BCUT2D eigenvalue weighted by Gasteiger charge is -2.23. The fraction of sp³-hybridized carbons (Fsp3) is 0.818. The van der Waals surface area contributed by atoms with Crippen molar-refractivity contribution >= 4 is 12.0 Å². The number of carbonyl (C=O) groups excluding carboxylic acids is 1. The zero-order valence-electron chi connectivity index (χ0n) is 10.7. The molecule has 0 spiro atoms. The van der Waals surface area contributed by atoms with E-state index in [4.69, 9.17) is 9.84 Å². The van der Waals surface area contributed by atoms with E-state index >= 15 is 0 Å². The third-order valence-electron chi connectivity index (χ3n) is 2.41. The van der Waals surface area contributed by atoms with E-state index in [1.165, 1.54) is 4.90 Å². The van der Waals surface area contributed by atoms with Crippen molar-refractivity contribution < 1.29 is 19.4 Å². The van der Waals surface area contributed by atoms with Crippen LogP contribution >= 0.6 is 0 Å². The van der Waals surface area contributed by atoms with Crippen LogP contribution in [-0.4, -0.2) is 54.9 Å². The molecule has 0 saturated heterocycles. The van der Waals surface area contributed by atoms with Crippen molar-refractivity contribution in [3.05, 3.63) is 0 Å². The highest BCUT2D eigenvalue weighted by atomic mass is 16.5. The van der Waals surface area contributed by atoms with Crippen molar-refractivity contribution in [3.63, 3.8) is 0 Å². The van der Waals surface area contributed by atoms with Crippen molar-refractivity contribution in [1.29, 1.82) is 0 Å². The second kappa shape index (κ2) is 8.81. The molecule has 0 aliphatic carbocycles. The SMILES string of the molecule is CCC[C@H](NC(=O)N(CC)CCOC)C(=O)O. The molecule has 0 unspecified atom stereocenters. The van der Waals surface area contributed by atoms with E-state index < -0.39 is 12.0 Å². The molecule has 0 radical (unpaired) electrons. The quantitative estimate of drug-likeness (QED) is 0.667. The van der Waals surface area contributed by atoms with E-state index in [1.807, 2.05) is 13.8 Å². The van der Waals surface area contributed by atoms with Crippen LogP contribution in [0, 0.1) is 0 Å². The maximum absolute atomic E-state index is 11.8. The lowest BCUT2D eigenvalue weighted by atomic mass is 10.2. The van der Waals surface area contributed by atoms with Crippen molar-refractivity contribution in [2.45, 2.75) is 32.7 Å². The molecule has 0 saturated carbocycles. The molecule has 0 aromatic heterocycles. The zero-order valence-corrected chi connectivity index (χ0v) is 10.7. The Kier molecular flexibility index (Phi) is 8.13. The third-order valence-corrected chi connectivity index (χ3v) is 2.41. The van der Waals surface area contributed by atoms with E-state index in [0.717, 1.165) is 0 Å². The molecule has 0 rings (SSSR count). The van der Waals surface area contributed by atoms with Crippen LogP contribution in [0.15, 0.2) is 0 Å². The summed E-state index contributed by atoms with van der Waals surface area (Å²) in [5.74, 6) is -0.997. The van der Waals surface area contributed by atoms with Crippen molar-refractivity contribution in [1.82, 2.24) is 10.2 Å². The predicted molar refractivity (Wildman–Crippen MR) is 64.0 cm³/mol. The zero-order chi connectivity index (χ0) is 13.3. The molecular weight excluding hydrogens is 224 g/mol. The van der Waals surface area contributed by atoms with Crippen LogP contribution in [0.1, 0.15) is 26.7 Å². The number of carbonyl (C=O) groups is 2. The topological polar surface area (TPSA) is 78.9 Å². The number of methoxy groups -OCH3 is 1. The highest BCUT2D eigenvalue weighted by Gasteiger charge is 2.21. The first-order valence-corrected chi connectivity index (χ1v) is 5.83. The molecule has 6 nitrogen and oxygen atoms in total. The van der Waals surface area contributed by atoms with Crippen LogP contribution < -0.4 is 5.32 Å². The smallest absolute Gasteiger partial charge is 0.326 e. The Morgan fingerprint density at radius 1 is 1.41 bits per heavy atom. The van der Waals surface area contributed by atoms with E-state index in [-0.39, 0.29) is 6.03 Å². The molecule has 1 atom stereocenters. The predicted octanol–water partition coefficient (Wildman–Crippen LogP) is 0.918. The molecule has 0 heterocycles. The number of hydrogen-bond acceptors (Lipinski definition) is 3. The molecule has 6 heteroatoms. The van der Waals surface area contributed by atoms with Gasteiger partial charge in [0.1, 0.15) is 6.04 Å². The number of carboxylic acid groups (broad SMARTS) is 1. The van der Waals surface area contributed by atoms with Gasteiger partial charge < -0.3 is 20.1 Å². The van der Waals surface area contributed by atoms with E-state index in [2.05, 4.69) is 5.32 Å². The lowest BCUT2D eigenvalue weighted by molar-refractivity contribution is -0.139. The van der Waals surface area contributed by atoms with Gasteiger partial charge in [-0.05, 0) is 13.3 Å². The summed E-state index contributed by atoms with van der Waals surface area (Å²) in [6, 6.07) is -1.17. The molecule has 0 fully saturated rings. The Morgan fingerprint density at radius 3 is 2.47 bits per heavy atom. The van der Waals surface area contributed by atoms with Gasteiger partial charge in [-0.25, -0.2) is 9.59 Å². The molecule has 0 aliphatic rings. The van der Waals surface area contributed by atoms with Gasteiger partial charge >= 0.3 is 12.0 Å². The van der Waals surface area contributed by atoms with Crippen LogP contribution in [0.4, 0.5) is 4.79 Å². The monoisotopic (exact) mass is 246 g/mol. The lowest BCUT2D eigenvalue weighted by Crippen LogP contribution is -2.48. The number of carboxylic acids is 1. The van der Waals surface area contributed by atoms with Gasteiger partial charge in [0, 0.05) is 20.2 Å². The first-order chi connectivity index (χ1) is 8.06. The minimum absolute atomic E-state index is 0.356. The van der Waals surface area contributed by atoms with Gasteiger partial charge in [-0.2, -0.15) is 0 Å². The number of urea groups is 1. The Bertz CT molecular complexity index is 246. The average molecular weight is 246 g/mol. The summed E-state index contributed by atoms with van der Waals surface area (Å²) in [5.41, 5.74) is 0. The van der Waals surface area contributed by atoms with E-state index in [1.54, 1.807) is 7.11 Å². The van der Waals surface area contributed by atoms with Gasteiger partial charge in [0.05, 0.1) is 6.61 Å². The van der Waals surface area contributed by atoms with Gasteiger partial charge in [-0.15, -0.1) is 0 Å². The van der Waals surface area contributed by atoms with Gasteiger partial charge in [0.15, 0.2) is 0 Å². The fourth-order valence-corrected chi connectivity index (χ4v) is 1.39. The Hall–Kier alpha value is -1.30. The molecule has 0 bridgehead atoms. The van der Waals surface area contributed by atoms with Crippen LogP contribution in [-0.2, 0) is 9.53 Å². The summed E-state index contributed by atoms with van der Waals surface area (Å²) in [4.78, 5) is 24.2. The Balaban J connectivity index is 4.30. The highest BCUT2D eigenvalue weighted by Crippen LogP contribution is 1.99. The summed E-state index contributed by atoms with van der Waals surface area (Å²) in [6.45, 7) is 5.13. The van der Waals surface area contributed by atoms with Crippen LogP contribution in [0.3, 0.4) is 0 Å². The summed E-state index contributed by atoms with van der Waals surface area (Å²) in [6.07, 6.45) is 1.14. The normalized spacial score (nSPS) is 11.9. The first kappa shape index (κ1) is 15.7. The van der Waals surface area contributed by atoms with Crippen LogP contribution in [0.2, 0.25) is 0 Å². The maximum atomic E-state index is 11.8.